The number of esters is 2. The molecule has 1 aromatic heterocycles. The predicted octanol–water partition coefficient (Wildman–Crippen LogP) is 5.48. The number of aliphatic hydroxyl groups excluding tert-OH is 1. The molecular formula is C59H92N4O18. The van der Waals surface area contributed by atoms with Crippen LogP contribution in [-0.4, -0.2) is 192 Å². The summed E-state index contributed by atoms with van der Waals surface area (Å²) in [4.78, 5) is 70.7. The number of hydrogen-bond donors (Lipinski definition) is 4. The van der Waals surface area contributed by atoms with Gasteiger partial charge in [0.05, 0.1) is 54.5 Å². The molecule has 0 saturated carbocycles. The van der Waals surface area contributed by atoms with E-state index in [0.717, 1.165) is 11.1 Å². The van der Waals surface area contributed by atoms with Gasteiger partial charge in [-0.1, -0.05) is 26.8 Å². The number of fused-ring (bicyclic) bond motifs is 1. The molecule has 0 aliphatic carbocycles. The SMILES string of the molecule is CC[C@H]1OC(=O)[C@H](C)[C@@H](O[C@H]2C[C@@](C)(OC)[C@@H](OC(=O)CCNCCCc3cc4c5c(c3)c(=O)c(C(=O)O)cn5C(C)(C)OC4)[C@H](C)O2)[C@H](C)[C@@H](O[C@@H]2O[C@H](C)C[C@H](N(C)C)[C@H]2O)[C@](C)(O)C[C@@H](C)CN(C)[C@H](C)[C@@H]2OC(=O)O[C@]12C. The Bertz CT molecular complexity index is 2630. The minimum Gasteiger partial charge on any atom is -0.477 e. The highest BCUT2D eigenvalue weighted by Gasteiger charge is 2.59. The normalized spacial score (nSPS) is 37.8. The summed E-state index contributed by atoms with van der Waals surface area (Å²) in [5.74, 6) is -4.56. The van der Waals surface area contributed by atoms with E-state index in [2.05, 4.69) is 5.32 Å². The monoisotopic (exact) mass is 1140 g/mol. The molecule has 81 heavy (non-hydrogen) atoms. The quantitative estimate of drug-likeness (QED) is 0.0921. The number of methoxy groups -OCH3 is 1. The van der Waals surface area contributed by atoms with Crippen LogP contribution in [0.3, 0.4) is 0 Å². The summed E-state index contributed by atoms with van der Waals surface area (Å²) in [5, 5.41) is 38.1. The van der Waals surface area contributed by atoms with Crippen LogP contribution in [0.5, 0.6) is 0 Å². The average Bonchev–Trinajstić information content (AvgIpc) is 3.70. The number of hydrogen-bond acceptors (Lipinski definition) is 20. The number of likely N-dealkylation sites (N-methyl/N-ethyl adjacent to an activating group) is 2. The molecular weight excluding hydrogens is 1050 g/mol. The molecule has 18 atom stereocenters. The fourth-order valence-electron chi connectivity index (χ4n) is 13.3. The number of ether oxygens (including phenoxy) is 10. The lowest BCUT2D eigenvalue weighted by molar-refractivity contribution is -0.318. The molecule has 6 heterocycles. The number of carbonyl (C=O) groups excluding carboxylic acids is 3. The molecule has 5 aliphatic rings. The lowest BCUT2D eigenvalue weighted by Crippen LogP contribution is -2.61. The molecule has 4 fully saturated rings. The molecule has 7 rings (SSSR count). The Morgan fingerprint density at radius 1 is 0.938 bits per heavy atom. The summed E-state index contributed by atoms with van der Waals surface area (Å²) in [6.07, 6.45) is -6.50. The number of nitrogens with zero attached hydrogens (tertiary/aromatic N) is 3. The van der Waals surface area contributed by atoms with Gasteiger partial charge in [0.2, 0.25) is 5.43 Å². The van der Waals surface area contributed by atoms with E-state index >= 15 is 0 Å². The van der Waals surface area contributed by atoms with Gasteiger partial charge in [-0.15, -0.1) is 0 Å². The highest BCUT2D eigenvalue weighted by Crippen LogP contribution is 2.43. The largest absolute Gasteiger partial charge is 0.509 e. The zero-order valence-corrected chi connectivity index (χ0v) is 50.5. The number of aliphatic hydroxyl groups is 2. The van der Waals surface area contributed by atoms with Crippen molar-refractivity contribution in [2.45, 2.75) is 231 Å². The smallest absolute Gasteiger partial charge is 0.477 e. The minimum atomic E-state index is -1.63. The average molecular weight is 1150 g/mol. The summed E-state index contributed by atoms with van der Waals surface area (Å²) in [5.41, 5.74) is -3.53. The van der Waals surface area contributed by atoms with Crippen molar-refractivity contribution in [1.82, 2.24) is 19.7 Å². The topological polar surface area (TPSA) is 262 Å². The molecule has 0 bridgehead atoms. The van der Waals surface area contributed by atoms with Gasteiger partial charge in [0, 0.05) is 61.8 Å². The second-order valence-electron chi connectivity index (χ2n) is 25.1. The maximum Gasteiger partial charge on any atom is 0.509 e. The lowest BCUT2D eigenvalue weighted by Gasteiger charge is -2.49. The van der Waals surface area contributed by atoms with Crippen LogP contribution in [0.2, 0.25) is 0 Å². The summed E-state index contributed by atoms with van der Waals surface area (Å²) in [7, 11) is 7.17. The predicted molar refractivity (Wildman–Crippen MR) is 296 cm³/mol. The van der Waals surface area contributed by atoms with Crippen molar-refractivity contribution in [2.75, 3.05) is 47.9 Å². The number of carboxylic acids is 1. The summed E-state index contributed by atoms with van der Waals surface area (Å²) >= 11 is 0. The fraction of sp³-hybridized carbons (Fsp3) is 0.780. The molecule has 2 aromatic rings. The third-order valence-corrected chi connectivity index (χ3v) is 17.8. The zero-order valence-electron chi connectivity index (χ0n) is 50.5. The number of nitrogens with one attached hydrogen (secondary N) is 1. The van der Waals surface area contributed by atoms with Gasteiger partial charge >= 0.3 is 24.1 Å². The zero-order chi connectivity index (χ0) is 59.8. The van der Waals surface area contributed by atoms with Gasteiger partial charge in [0.15, 0.2) is 30.4 Å². The molecule has 0 spiro atoms. The molecule has 22 nitrogen and oxygen atoms in total. The highest BCUT2D eigenvalue weighted by molar-refractivity contribution is 5.94. The molecule has 0 unspecified atom stereocenters. The third-order valence-electron chi connectivity index (χ3n) is 17.8. The standard InChI is InChI=1S/C59H92N4O18/c1-17-42-59(12)50(80-55(70)81-59)35(6)62(15)28-31(2)26-57(10,71)49(79-54-47(66)41(61(13)14)23-32(3)74-54)33(4)48(34(5)53(69)76-42)78-44-27-58(11,72-16)51(36(7)75-44)77-43(64)20-22-60-21-18-19-37-24-38-30-73-56(8,9)63-29-40(52(67)68)46(65)39(25-37)45(38)63/h24-25,29,31-36,41-42,44,47-51,54,60,66,71H,17-23,26-28,30H2,1-16H3,(H,67,68)/t31-,32-,33+,34-,35-,36+,41+,42-,44+,47-,48+,49-,50+,51+,54+,57-,58-,59-/m1/s1. The number of rotatable bonds is 16. The van der Waals surface area contributed by atoms with Crippen LogP contribution in [0.25, 0.3) is 10.9 Å². The highest BCUT2D eigenvalue weighted by atomic mass is 16.8. The fourth-order valence-corrected chi connectivity index (χ4v) is 13.3. The van der Waals surface area contributed by atoms with Gasteiger partial charge in [-0.25, -0.2) is 9.59 Å². The van der Waals surface area contributed by atoms with Crippen molar-refractivity contribution >= 4 is 35.0 Å². The van der Waals surface area contributed by atoms with Crippen LogP contribution in [0.1, 0.15) is 143 Å². The maximum absolute atomic E-state index is 14.8. The van der Waals surface area contributed by atoms with Gasteiger partial charge in [0.1, 0.15) is 29.1 Å². The number of cyclic esters (lactones) is 1. The van der Waals surface area contributed by atoms with E-state index < -0.39 is 125 Å². The number of aryl methyl sites for hydroxylation is 1. The van der Waals surface area contributed by atoms with Crippen LogP contribution in [-0.2, 0) is 75.7 Å². The molecule has 0 amide bonds. The Balaban J connectivity index is 1.07. The summed E-state index contributed by atoms with van der Waals surface area (Å²) in [6.45, 7) is 23.3. The van der Waals surface area contributed by atoms with Crippen LogP contribution in [0.4, 0.5) is 4.79 Å². The first-order valence-corrected chi connectivity index (χ1v) is 28.9. The number of aromatic nitrogens is 1. The van der Waals surface area contributed by atoms with E-state index in [1.165, 1.54) is 13.3 Å². The Labute approximate surface area is 476 Å². The van der Waals surface area contributed by atoms with E-state index in [-0.39, 0.29) is 55.9 Å². The molecule has 4 N–H and O–H groups in total. The molecule has 22 heteroatoms. The Kier molecular flexibility index (Phi) is 20.2. The maximum atomic E-state index is 14.8. The van der Waals surface area contributed by atoms with Crippen LogP contribution in [0, 0.1) is 17.8 Å². The van der Waals surface area contributed by atoms with Crippen molar-refractivity contribution in [3.05, 3.63) is 45.2 Å². The van der Waals surface area contributed by atoms with E-state index in [1.54, 1.807) is 45.3 Å². The number of pyridine rings is 1. The summed E-state index contributed by atoms with van der Waals surface area (Å²) in [6, 6.07) is 3.02. The van der Waals surface area contributed by atoms with Crippen molar-refractivity contribution < 1.29 is 81.9 Å². The number of benzene rings is 1. The van der Waals surface area contributed by atoms with Crippen molar-refractivity contribution in [1.29, 1.82) is 0 Å². The third kappa shape index (κ3) is 13.8. The van der Waals surface area contributed by atoms with E-state index in [0.29, 0.717) is 49.8 Å². The van der Waals surface area contributed by atoms with Gasteiger partial charge in [-0.2, -0.15) is 0 Å². The van der Waals surface area contributed by atoms with E-state index in [1.807, 2.05) is 85.5 Å². The molecule has 0 radical (unpaired) electrons. The number of aromatic carboxylic acids is 1. The first-order chi connectivity index (χ1) is 37.9. The molecule has 4 saturated heterocycles. The van der Waals surface area contributed by atoms with Crippen LogP contribution >= 0.6 is 0 Å². The first-order valence-electron chi connectivity index (χ1n) is 28.9. The summed E-state index contributed by atoms with van der Waals surface area (Å²) < 4.78 is 64.9. The van der Waals surface area contributed by atoms with Crippen LogP contribution in [0.15, 0.2) is 23.1 Å². The van der Waals surface area contributed by atoms with Crippen molar-refractivity contribution in [2.24, 2.45) is 17.8 Å². The molecule has 1 aromatic carbocycles. The second-order valence-corrected chi connectivity index (χ2v) is 25.1. The molecule has 456 valence electrons. The Morgan fingerprint density at radius 2 is 1.64 bits per heavy atom. The minimum absolute atomic E-state index is 0.0272. The first kappa shape index (κ1) is 64.2. The van der Waals surface area contributed by atoms with Crippen molar-refractivity contribution in [3.63, 3.8) is 0 Å². The van der Waals surface area contributed by atoms with Gasteiger partial charge in [0.25, 0.3) is 0 Å². The van der Waals surface area contributed by atoms with Gasteiger partial charge in [-0.3, -0.25) is 19.3 Å². The Morgan fingerprint density at radius 3 is 2.30 bits per heavy atom. The Hall–Kier alpha value is -4.33. The van der Waals surface area contributed by atoms with Crippen LogP contribution < -0.4 is 10.7 Å². The number of carboxylic acid groups (broad SMARTS) is 1. The van der Waals surface area contributed by atoms with Gasteiger partial charge < -0.3 is 77.5 Å². The number of carbonyl (C=O) groups is 4. The van der Waals surface area contributed by atoms with Crippen molar-refractivity contribution in [3.8, 4) is 0 Å². The van der Waals surface area contributed by atoms with E-state index in [4.69, 9.17) is 47.4 Å². The van der Waals surface area contributed by atoms with E-state index in [9.17, 15) is 39.3 Å². The molecule has 5 aliphatic heterocycles. The lowest BCUT2D eigenvalue weighted by atomic mass is 9.77. The van der Waals surface area contributed by atoms with Gasteiger partial charge in [-0.05, 0) is 140 Å². The second kappa shape index (κ2) is 25.5.